The first kappa shape index (κ1) is 23.4. The molecule has 13 nitrogen and oxygen atoms in total. The van der Waals surface area contributed by atoms with Crippen molar-refractivity contribution < 1.29 is 43.7 Å². The lowest BCUT2D eigenvalue weighted by Gasteiger charge is -2.55. The van der Waals surface area contributed by atoms with Crippen LogP contribution in [0.15, 0.2) is 11.3 Å². The summed E-state index contributed by atoms with van der Waals surface area (Å²) < 4.78 is 9.91. The Morgan fingerprint density at radius 3 is 2.57 bits per heavy atom. The smallest absolute Gasteiger partial charge is 0.404 e. The Labute approximate surface area is 174 Å². The second kappa shape index (κ2) is 9.32. The fraction of sp³-hybridized carbons (Fsp3) is 0.562. The van der Waals surface area contributed by atoms with Crippen molar-refractivity contribution in [3.63, 3.8) is 0 Å². The predicted octanol–water partition coefficient (Wildman–Crippen LogP) is -1.62. The molecule has 0 aromatic carbocycles. The van der Waals surface area contributed by atoms with Gasteiger partial charge < -0.3 is 36.5 Å². The molecular weight excluding hydrogens is 424 g/mol. The maximum atomic E-state index is 12.8. The van der Waals surface area contributed by atoms with E-state index in [-0.39, 0.29) is 36.3 Å². The first-order valence-electron chi connectivity index (χ1n) is 8.72. The Morgan fingerprint density at radius 2 is 2.03 bits per heavy atom. The maximum Gasteiger partial charge on any atom is 0.404 e. The number of primary amides is 1. The number of thioether (sulfide) groups is 1. The lowest BCUT2D eigenvalue weighted by Crippen LogP contribution is -2.80. The van der Waals surface area contributed by atoms with Crippen molar-refractivity contribution in [3.8, 4) is 0 Å². The van der Waals surface area contributed by atoms with E-state index in [0.717, 1.165) is 16.7 Å². The zero-order valence-electron chi connectivity index (χ0n) is 16.0. The van der Waals surface area contributed by atoms with Crippen LogP contribution in [0.5, 0.6) is 0 Å². The first-order chi connectivity index (χ1) is 14.0. The van der Waals surface area contributed by atoms with Gasteiger partial charge in [0, 0.05) is 24.9 Å². The van der Waals surface area contributed by atoms with Gasteiger partial charge in [0.25, 0.3) is 11.6 Å². The quantitative estimate of drug-likeness (QED) is 0.190. The summed E-state index contributed by atoms with van der Waals surface area (Å²) in [6.07, 6.45) is -0.953. The van der Waals surface area contributed by atoms with Crippen molar-refractivity contribution in [1.29, 1.82) is 0 Å². The van der Waals surface area contributed by atoms with Gasteiger partial charge in [-0.1, -0.05) is 0 Å². The van der Waals surface area contributed by atoms with Gasteiger partial charge in [0.05, 0.1) is 0 Å². The minimum atomic E-state index is -1.77. The van der Waals surface area contributed by atoms with E-state index in [1.165, 1.54) is 7.11 Å². The molecule has 1 saturated heterocycles. The summed E-state index contributed by atoms with van der Waals surface area (Å²) in [7, 11) is 1.20. The molecule has 1 fully saturated rings. The molecule has 0 aromatic rings. The Hall–Kier alpha value is -2.84. The molecule has 166 valence electrons. The van der Waals surface area contributed by atoms with Gasteiger partial charge in [0.2, 0.25) is 5.91 Å². The van der Waals surface area contributed by atoms with Crippen LogP contribution in [-0.4, -0.2) is 81.6 Å². The number of carboxylic acids is 2. The Balaban J connectivity index is 2.11. The summed E-state index contributed by atoms with van der Waals surface area (Å²) in [5.41, 5.74) is 8.33. The number of nitrogens with zero attached hydrogens (tertiary/aromatic N) is 1. The normalized spacial score (nSPS) is 23.9. The number of β-lactam (4-membered cyclic amide) rings is 1. The van der Waals surface area contributed by atoms with E-state index in [1.54, 1.807) is 0 Å². The van der Waals surface area contributed by atoms with Crippen LogP contribution in [0.4, 0.5) is 4.79 Å². The fourth-order valence-electron chi connectivity index (χ4n) is 3.09. The second-order valence-electron chi connectivity index (χ2n) is 6.53. The first-order valence-corrected chi connectivity index (χ1v) is 9.77. The second-order valence-corrected chi connectivity index (χ2v) is 7.60. The summed E-state index contributed by atoms with van der Waals surface area (Å²) in [5, 5.41) is 19.9. The summed E-state index contributed by atoms with van der Waals surface area (Å²) >= 11 is 1.12. The number of carboxylic acid groups (broad SMARTS) is 2. The molecule has 2 aliphatic rings. The standard InChI is InChI=1S/C16H22N4O9S/c1-28-16(19-9(21)4-2-3-8(17)11(22)23)13(26)20-10(12(24)25)7(5-29-15(18)27)6-30-14(16)20/h8,14H,2-6,17H2,1H3,(H2,18,27)(H,19,21)(H,22,23)(H,24,25)/t8-,14+,16-/m0/s1. The third kappa shape index (κ3) is 4.49. The molecule has 0 aromatic heterocycles. The number of hydrogen-bond acceptors (Lipinski definition) is 9. The van der Waals surface area contributed by atoms with Gasteiger partial charge >= 0.3 is 18.0 Å². The van der Waals surface area contributed by atoms with Gasteiger partial charge in [-0.05, 0) is 12.8 Å². The molecule has 0 bridgehead atoms. The number of carbonyl (C=O) groups is 5. The van der Waals surface area contributed by atoms with Crippen LogP contribution in [0, 0.1) is 0 Å². The van der Waals surface area contributed by atoms with Crippen LogP contribution in [0.3, 0.4) is 0 Å². The molecule has 0 saturated carbocycles. The molecule has 0 unspecified atom stereocenters. The van der Waals surface area contributed by atoms with Crippen LogP contribution in [0.2, 0.25) is 0 Å². The highest BCUT2D eigenvalue weighted by Crippen LogP contribution is 2.46. The van der Waals surface area contributed by atoms with Crippen molar-refractivity contribution in [1.82, 2.24) is 10.2 Å². The molecule has 3 atom stereocenters. The molecule has 0 spiro atoms. The lowest BCUT2D eigenvalue weighted by atomic mass is 9.97. The van der Waals surface area contributed by atoms with Crippen LogP contribution in [0.1, 0.15) is 19.3 Å². The Bertz CT molecular complexity index is 802. The van der Waals surface area contributed by atoms with Crippen LogP contribution < -0.4 is 16.8 Å². The molecule has 0 radical (unpaired) electrons. The molecular formula is C16H22N4O9S. The summed E-state index contributed by atoms with van der Waals surface area (Å²) in [4.78, 5) is 59.3. The van der Waals surface area contributed by atoms with Gasteiger partial charge in [-0.25, -0.2) is 9.59 Å². The number of hydrogen-bond donors (Lipinski definition) is 5. The molecule has 2 heterocycles. The van der Waals surface area contributed by atoms with Crippen molar-refractivity contribution in [3.05, 3.63) is 11.3 Å². The molecule has 7 N–H and O–H groups in total. The molecule has 3 amide bonds. The Kier molecular flexibility index (Phi) is 7.28. The number of nitrogens with one attached hydrogen (secondary N) is 1. The minimum absolute atomic E-state index is 0.0656. The van der Waals surface area contributed by atoms with Crippen molar-refractivity contribution in [2.24, 2.45) is 11.5 Å². The number of aliphatic carboxylic acids is 2. The van der Waals surface area contributed by atoms with Gasteiger partial charge in [0.1, 0.15) is 23.7 Å². The highest BCUT2D eigenvalue weighted by molar-refractivity contribution is 8.00. The third-order valence-corrected chi connectivity index (χ3v) is 5.96. The zero-order valence-corrected chi connectivity index (χ0v) is 16.8. The maximum absolute atomic E-state index is 12.8. The van der Waals surface area contributed by atoms with E-state index in [4.69, 9.17) is 21.3 Å². The van der Waals surface area contributed by atoms with E-state index in [2.05, 4.69) is 10.1 Å². The third-order valence-electron chi connectivity index (χ3n) is 4.58. The molecule has 2 rings (SSSR count). The van der Waals surface area contributed by atoms with Gasteiger partial charge in [-0.15, -0.1) is 11.8 Å². The zero-order chi connectivity index (χ0) is 22.6. The highest BCUT2D eigenvalue weighted by atomic mass is 32.2. The van der Waals surface area contributed by atoms with E-state index >= 15 is 0 Å². The fourth-order valence-corrected chi connectivity index (χ4v) is 4.51. The van der Waals surface area contributed by atoms with Crippen LogP contribution in [0.25, 0.3) is 0 Å². The van der Waals surface area contributed by atoms with Crippen LogP contribution in [-0.2, 0) is 28.7 Å². The van der Waals surface area contributed by atoms with E-state index in [1.807, 2.05) is 0 Å². The van der Waals surface area contributed by atoms with E-state index < -0.39 is 53.6 Å². The number of carbonyl (C=O) groups excluding carboxylic acids is 3. The Morgan fingerprint density at radius 1 is 1.37 bits per heavy atom. The number of methoxy groups -OCH3 is 1. The topological polar surface area (TPSA) is 212 Å². The molecule has 0 aliphatic carbocycles. The largest absolute Gasteiger partial charge is 0.480 e. The summed E-state index contributed by atoms with van der Waals surface area (Å²) in [6.45, 7) is -0.392. The number of amides is 3. The number of fused-ring (bicyclic) bond motifs is 1. The highest BCUT2D eigenvalue weighted by Gasteiger charge is 2.66. The summed E-state index contributed by atoms with van der Waals surface area (Å²) in [6, 6.07) is -1.10. The molecule has 14 heteroatoms. The van der Waals surface area contributed by atoms with Crippen molar-refractivity contribution in [2.45, 2.75) is 36.4 Å². The minimum Gasteiger partial charge on any atom is -0.480 e. The average molecular weight is 446 g/mol. The van der Waals surface area contributed by atoms with Gasteiger partial charge in [0.15, 0.2) is 0 Å². The van der Waals surface area contributed by atoms with E-state index in [9.17, 15) is 29.1 Å². The SMILES string of the molecule is CO[C@@]1(NC(=O)CCC[C@H](N)C(=O)O)C(=O)N2C(C(=O)O)=C(COC(N)=O)CS[C@@H]21. The van der Waals surface area contributed by atoms with Gasteiger partial charge in [-0.3, -0.25) is 19.3 Å². The molecule has 30 heavy (non-hydrogen) atoms. The number of rotatable bonds is 10. The van der Waals surface area contributed by atoms with Crippen molar-refractivity contribution >= 4 is 41.6 Å². The monoisotopic (exact) mass is 446 g/mol. The molecule has 2 aliphatic heterocycles. The van der Waals surface area contributed by atoms with Crippen molar-refractivity contribution in [2.75, 3.05) is 19.5 Å². The summed E-state index contributed by atoms with van der Waals surface area (Å²) in [5.74, 6) is -3.87. The predicted molar refractivity (Wildman–Crippen MR) is 101 cm³/mol. The number of nitrogens with two attached hydrogens (primary N) is 2. The number of ether oxygens (including phenoxy) is 2. The van der Waals surface area contributed by atoms with Crippen LogP contribution >= 0.6 is 11.8 Å². The average Bonchev–Trinajstić information content (AvgIpc) is 2.68. The lowest BCUT2D eigenvalue weighted by molar-refractivity contribution is -0.192. The van der Waals surface area contributed by atoms with Gasteiger partial charge in [-0.2, -0.15) is 0 Å². The van der Waals surface area contributed by atoms with E-state index in [0.29, 0.717) is 0 Å².